The van der Waals surface area contributed by atoms with Crippen molar-refractivity contribution >= 4 is 44.1 Å². The highest BCUT2D eigenvalue weighted by Gasteiger charge is 2.30. The van der Waals surface area contributed by atoms with Gasteiger partial charge in [0.25, 0.3) is 11.8 Å². The standard InChI is InChI=1S/C26H24N4O5S/c1-16-27-19-7-5-8-20(24(19)28-16)29-25(31)18-12-11-17(15-22(18)35-2)26(32)30-13-6-14-36(33,34)23-10-4-3-9-21(23)30/h3-5,7-12,15H,6,13-14H2,1-2H3,(H,27,28)(H,29,31). The lowest BCUT2D eigenvalue weighted by Gasteiger charge is -2.23. The van der Waals surface area contributed by atoms with Crippen molar-refractivity contribution in [3.05, 3.63) is 77.6 Å². The fraction of sp³-hybridized carbons (Fsp3) is 0.192. The number of para-hydroxylation sites is 2. The Morgan fingerprint density at radius 2 is 1.89 bits per heavy atom. The van der Waals surface area contributed by atoms with Crippen molar-refractivity contribution in [2.75, 3.05) is 29.6 Å². The number of carbonyl (C=O) groups is 2. The van der Waals surface area contributed by atoms with Crippen molar-refractivity contribution < 1.29 is 22.7 Å². The molecule has 2 heterocycles. The summed E-state index contributed by atoms with van der Waals surface area (Å²) < 4.78 is 30.7. The third-order valence-corrected chi connectivity index (χ3v) is 7.94. The summed E-state index contributed by atoms with van der Waals surface area (Å²) in [5, 5.41) is 2.87. The highest BCUT2D eigenvalue weighted by atomic mass is 32.2. The number of ether oxygens (including phenoxy) is 1. The van der Waals surface area contributed by atoms with Crippen molar-refractivity contribution in [2.45, 2.75) is 18.2 Å². The van der Waals surface area contributed by atoms with E-state index in [2.05, 4.69) is 15.3 Å². The van der Waals surface area contributed by atoms with E-state index >= 15 is 0 Å². The number of H-pyrrole nitrogens is 1. The van der Waals surface area contributed by atoms with Gasteiger partial charge in [-0.05, 0) is 55.8 Å². The van der Waals surface area contributed by atoms with Crippen LogP contribution in [0.25, 0.3) is 11.0 Å². The molecule has 10 heteroatoms. The van der Waals surface area contributed by atoms with Crippen molar-refractivity contribution in [1.82, 2.24) is 9.97 Å². The molecule has 2 N–H and O–H groups in total. The molecule has 1 aliphatic rings. The summed E-state index contributed by atoms with van der Waals surface area (Å²) in [5.41, 5.74) is 2.87. The van der Waals surface area contributed by atoms with Crippen LogP contribution in [0.15, 0.2) is 65.6 Å². The van der Waals surface area contributed by atoms with E-state index in [9.17, 15) is 18.0 Å². The van der Waals surface area contributed by atoms with Gasteiger partial charge in [0.15, 0.2) is 9.84 Å². The van der Waals surface area contributed by atoms with Gasteiger partial charge in [-0.15, -0.1) is 0 Å². The second-order valence-corrected chi connectivity index (χ2v) is 10.6. The quantitative estimate of drug-likeness (QED) is 0.434. The van der Waals surface area contributed by atoms with Gasteiger partial charge in [0.05, 0.1) is 40.2 Å². The molecule has 1 aromatic heterocycles. The van der Waals surface area contributed by atoms with E-state index in [1.54, 1.807) is 30.3 Å². The lowest BCUT2D eigenvalue weighted by atomic mass is 10.1. The van der Waals surface area contributed by atoms with Crippen LogP contribution < -0.4 is 15.0 Å². The van der Waals surface area contributed by atoms with Gasteiger partial charge in [-0.2, -0.15) is 0 Å². The zero-order valence-electron chi connectivity index (χ0n) is 19.7. The molecule has 0 saturated heterocycles. The Kier molecular flexibility index (Phi) is 5.97. The molecule has 1 aliphatic heterocycles. The zero-order valence-corrected chi connectivity index (χ0v) is 20.6. The number of nitrogens with one attached hydrogen (secondary N) is 2. The van der Waals surface area contributed by atoms with Gasteiger partial charge in [-0.3, -0.25) is 9.59 Å². The number of nitrogens with zero attached hydrogens (tertiary/aromatic N) is 2. The Morgan fingerprint density at radius 1 is 1.08 bits per heavy atom. The van der Waals surface area contributed by atoms with Crippen LogP contribution in [0.2, 0.25) is 0 Å². The highest BCUT2D eigenvalue weighted by molar-refractivity contribution is 7.91. The number of aryl methyl sites for hydroxylation is 1. The molecule has 0 fully saturated rings. The molecule has 0 radical (unpaired) electrons. The fourth-order valence-corrected chi connectivity index (χ4v) is 5.92. The molecule has 184 valence electrons. The van der Waals surface area contributed by atoms with E-state index in [1.165, 1.54) is 30.2 Å². The Bertz CT molecular complexity index is 1610. The van der Waals surface area contributed by atoms with E-state index < -0.39 is 15.7 Å². The number of aromatic nitrogens is 2. The lowest BCUT2D eigenvalue weighted by Crippen LogP contribution is -2.32. The van der Waals surface area contributed by atoms with Crippen LogP contribution in [-0.4, -0.2) is 49.6 Å². The number of sulfone groups is 1. The number of aromatic amines is 1. The summed E-state index contributed by atoms with van der Waals surface area (Å²) in [6.45, 7) is 2.09. The summed E-state index contributed by atoms with van der Waals surface area (Å²) in [5.74, 6) is 0.139. The summed E-state index contributed by atoms with van der Waals surface area (Å²) in [4.78, 5) is 35.8. The summed E-state index contributed by atoms with van der Waals surface area (Å²) in [6, 6.07) is 16.5. The predicted molar refractivity (Wildman–Crippen MR) is 137 cm³/mol. The van der Waals surface area contributed by atoms with Crippen molar-refractivity contribution in [2.24, 2.45) is 0 Å². The number of rotatable bonds is 4. The maximum absolute atomic E-state index is 13.5. The summed E-state index contributed by atoms with van der Waals surface area (Å²) >= 11 is 0. The van der Waals surface area contributed by atoms with Gasteiger partial charge in [0.2, 0.25) is 0 Å². The maximum atomic E-state index is 13.5. The molecule has 9 nitrogen and oxygen atoms in total. The van der Waals surface area contributed by atoms with Crippen LogP contribution in [-0.2, 0) is 9.84 Å². The Labute approximate surface area is 208 Å². The van der Waals surface area contributed by atoms with Crippen LogP contribution in [0, 0.1) is 6.92 Å². The number of methoxy groups -OCH3 is 1. The molecule has 5 rings (SSSR count). The minimum absolute atomic E-state index is 0.0293. The van der Waals surface area contributed by atoms with Crippen molar-refractivity contribution in [1.29, 1.82) is 0 Å². The molecule has 0 aliphatic carbocycles. The number of hydrogen-bond donors (Lipinski definition) is 2. The van der Waals surface area contributed by atoms with Gasteiger partial charge < -0.3 is 19.9 Å². The van der Waals surface area contributed by atoms with Crippen molar-refractivity contribution in [3.8, 4) is 5.75 Å². The molecule has 2 amide bonds. The molecular formula is C26H24N4O5S. The molecule has 0 atom stereocenters. The van der Waals surface area contributed by atoms with E-state index in [1.807, 2.05) is 19.1 Å². The SMILES string of the molecule is COc1cc(C(=O)N2CCCS(=O)(=O)c3ccccc32)ccc1C(=O)Nc1cccc2[nH]c(C)nc12. The van der Waals surface area contributed by atoms with Gasteiger partial charge >= 0.3 is 0 Å². The number of carbonyl (C=O) groups excluding carboxylic acids is 2. The summed E-state index contributed by atoms with van der Waals surface area (Å²) in [7, 11) is -2.06. The van der Waals surface area contributed by atoms with Gasteiger partial charge in [-0.1, -0.05) is 18.2 Å². The monoisotopic (exact) mass is 504 g/mol. The molecule has 36 heavy (non-hydrogen) atoms. The van der Waals surface area contributed by atoms with Crippen LogP contribution in [0.1, 0.15) is 33.0 Å². The van der Waals surface area contributed by atoms with Crippen LogP contribution in [0.3, 0.4) is 0 Å². The molecule has 0 spiro atoms. The van der Waals surface area contributed by atoms with E-state index in [4.69, 9.17) is 4.74 Å². The third-order valence-electron chi connectivity index (χ3n) is 6.10. The minimum atomic E-state index is -3.48. The number of hydrogen-bond acceptors (Lipinski definition) is 6. The first kappa shape index (κ1) is 23.6. The Balaban J connectivity index is 1.46. The molecule has 0 saturated carbocycles. The topological polar surface area (TPSA) is 121 Å². The van der Waals surface area contributed by atoms with Gasteiger partial charge in [0, 0.05) is 12.1 Å². The van der Waals surface area contributed by atoms with Crippen LogP contribution >= 0.6 is 0 Å². The van der Waals surface area contributed by atoms with Crippen LogP contribution in [0.5, 0.6) is 5.75 Å². The number of benzene rings is 3. The first-order valence-electron chi connectivity index (χ1n) is 11.4. The molecular weight excluding hydrogens is 480 g/mol. The smallest absolute Gasteiger partial charge is 0.259 e. The van der Waals surface area contributed by atoms with E-state index in [0.717, 1.165) is 11.3 Å². The van der Waals surface area contributed by atoms with Crippen molar-refractivity contribution in [3.63, 3.8) is 0 Å². The minimum Gasteiger partial charge on any atom is -0.496 e. The third kappa shape index (κ3) is 4.20. The number of anilines is 2. The first-order valence-corrected chi connectivity index (χ1v) is 13.0. The molecule has 4 aromatic rings. The second kappa shape index (κ2) is 9.12. The molecule has 0 bridgehead atoms. The lowest BCUT2D eigenvalue weighted by molar-refractivity contribution is 0.0982. The van der Waals surface area contributed by atoms with Crippen LogP contribution in [0.4, 0.5) is 11.4 Å². The maximum Gasteiger partial charge on any atom is 0.259 e. The average molecular weight is 505 g/mol. The number of fused-ring (bicyclic) bond motifs is 2. The molecule has 0 unspecified atom stereocenters. The largest absolute Gasteiger partial charge is 0.496 e. The highest BCUT2D eigenvalue weighted by Crippen LogP contribution is 2.32. The number of amides is 2. The Hall–Kier alpha value is -4.18. The normalized spacial score (nSPS) is 14.7. The zero-order chi connectivity index (χ0) is 25.4. The number of imidazole rings is 1. The Morgan fingerprint density at radius 3 is 2.69 bits per heavy atom. The predicted octanol–water partition coefficient (Wildman–Crippen LogP) is 3.96. The van der Waals surface area contributed by atoms with Gasteiger partial charge in [0.1, 0.15) is 17.1 Å². The second-order valence-electron chi connectivity index (χ2n) is 8.49. The van der Waals surface area contributed by atoms with Gasteiger partial charge in [-0.25, -0.2) is 13.4 Å². The summed E-state index contributed by atoms with van der Waals surface area (Å²) in [6.07, 6.45) is 0.318. The molecule has 3 aromatic carbocycles. The fourth-order valence-electron chi connectivity index (χ4n) is 4.41. The first-order chi connectivity index (χ1) is 17.3. The average Bonchev–Trinajstić information content (AvgIpc) is 3.20. The van der Waals surface area contributed by atoms with E-state index in [0.29, 0.717) is 23.3 Å². The van der Waals surface area contributed by atoms with E-state index in [-0.39, 0.29) is 40.0 Å².